The van der Waals surface area contributed by atoms with Gasteiger partial charge in [-0.2, -0.15) is 0 Å². The zero-order valence-corrected chi connectivity index (χ0v) is 13.7. The van der Waals surface area contributed by atoms with Crippen LogP contribution in [0.1, 0.15) is 18.3 Å². The average Bonchev–Trinajstić information content (AvgIpc) is 2.80. The van der Waals surface area contributed by atoms with E-state index >= 15 is 0 Å². The molecule has 0 radical (unpaired) electrons. The number of fused-ring (bicyclic) bond motifs is 1. The van der Waals surface area contributed by atoms with Crippen molar-refractivity contribution in [2.45, 2.75) is 20.3 Å². The Labute approximate surface area is 135 Å². The van der Waals surface area contributed by atoms with Crippen LogP contribution in [0.15, 0.2) is 35.1 Å². The maximum absolute atomic E-state index is 11.3. The Morgan fingerprint density at radius 1 is 1.27 bits per heavy atom. The zero-order valence-electron chi connectivity index (χ0n) is 12.1. The number of benzene rings is 1. The lowest BCUT2D eigenvalue weighted by Gasteiger charge is -2.09. The van der Waals surface area contributed by atoms with Crippen LogP contribution in [0, 0.1) is 17.0 Å². The summed E-state index contributed by atoms with van der Waals surface area (Å²) in [4.78, 5) is 19.9. The highest BCUT2D eigenvalue weighted by molar-refractivity contribution is 9.10. The fourth-order valence-electron chi connectivity index (χ4n) is 2.45. The van der Waals surface area contributed by atoms with Gasteiger partial charge in [-0.3, -0.25) is 14.5 Å². The van der Waals surface area contributed by atoms with Crippen LogP contribution in [0.2, 0.25) is 0 Å². The quantitative estimate of drug-likeness (QED) is 0.523. The van der Waals surface area contributed by atoms with E-state index in [1.807, 2.05) is 20.0 Å². The molecule has 0 amide bonds. The van der Waals surface area contributed by atoms with Crippen molar-refractivity contribution >= 4 is 27.4 Å². The SMILES string of the molecule is CCc1nc2nc(C)c(Br)n2cc1-c1ccccc1[N+](=O)[O-]. The number of para-hydroxylation sites is 1. The summed E-state index contributed by atoms with van der Waals surface area (Å²) in [6.07, 6.45) is 2.52. The lowest BCUT2D eigenvalue weighted by molar-refractivity contribution is -0.384. The topological polar surface area (TPSA) is 73.3 Å². The van der Waals surface area contributed by atoms with Gasteiger partial charge in [-0.15, -0.1) is 0 Å². The number of nitrogens with zero attached hydrogens (tertiary/aromatic N) is 4. The fourth-order valence-corrected chi connectivity index (χ4v) is 2.79. The lowest BCUT2D eigenvalue weighted by Crippen LogP contribution is -2.00. The normalized spacial score (nSPS) is 11.0. The maximum atomic E-state index is 11.3. The first-order valence-corrected chi connectivity index (χ1v) is 7.60. The first kappa shape index (κ1) is 14.6. The summed E-state index contributed by atoms with van der Waals surface area (Å²) in [5, 5.41) is 11.3. The van der Waals surface area contributed by atoms with E-state index in [0.29, 0.717) is 17.8 Å². The van der Waals surface area contributed by atoms with Gasteiger partial charge in [0.05, 0.1) is 21.9 Å². The smallest absolute Gasteiger partial charge is 0.277 e. The monoisotopic (exact) mass is 360 g/mol. The number of hydrogen-bond acceptors (Lipinski definition) is 4. The van der Waals surface area contributed by atoms with Crippen LogP contribution in [0.3, 0.4) is 0 Å². The van der Waals surface area contributed by atoms with E-state index in [9.17, 15) is 10.1 Å². The molecule has 0 spiro atoms. The summed E-state index contributed by atoms with van der Waals surface area (Å²) in [5.41, 5.74) is 3.01. The van der Waals surface area contributed by atoms with Gasteiger partial charge in [0.2, 0.25) is 5.78 Å². The Morgan fingerprint density at radius 2 is 2.00 bits per heavy atom. The van der Waals surface area contributed by atoms with Crippen LogP contribution >= 0.6 is 15.9 Å². The van der Waals surface area contributed by atoms with Gasteiger partial charge >= 0.3 is 0 Å². The predicted octanol–water partition coefficient (Wildman–Crippen LogP) is 3.94. The van der Waals surface area contributed by atoms with Gasteiger partial charge in [-0.05, 0) is 35.3 Å². The summed E-state index contributed by atoms with van der Waals surface area (Å²) < 4.78 is 2.61. The molecule has 0 N–H and O–H groups in total. The minimum Gasteiger partial charge on any atom is -0.277 e. The molecule has 7 heteroatoms. The third-order valence-corrected chi connectivity index (χ3v) is 4.48. The van der Waals surface area contributed by atoms with Crippen LogP contribution in [0.4, 0.5) is 5.69 Å². The summed E-state index contributed by atoms with van der Waals surface area (Å²) in [5.74, 6) is 0.587. The van der Waals surface area contributed by atoms with E-state index in [-0.39, 0.29) is 10.6 Å². The Bertz CT molecular complexity index is 889. The average molecular weight is 361 g/mol. The van der Waals surface area contributed by atoms with Gasteiger partial charge in [0.25, 0.3) is 5.69 Å². The molecule has 3 aromatic rings. The Hall–Kier alpha value is -2.28. The van der Waals surface area contributed by atoms with Crippen LogP contribution < -0.4 is 0 Å². The molecule has 0 atom stereocenters. The van der Waals surface area contributed by atoms with Gasteiger partial charge in [-0.1, -0.05) is 19.1 Å². The van der Waals surface area contributed by atoms with Crippen molar-refractivity contribution in [3.05, 3.63) is 56.6 Å². The van der Waals surface area contributed by atoms with Crippen LogP contribution in [-0.2, 0) is 6.42 Å². The Balaban J connectivity index is 2.35. The molecular formula is C15H13BrN4O2. The molecule has 0 fully saturated rings. The van der Waals surface area contributed by atoms with Gasteiger partial charge in [0, 0.05) is 17.8 Å². The Kier molecular flexibility index (Phi) is 3.66. The number of halogens is 1. The molecule has 112 valence electrons. The predicted molar refractivity (Wildman–Crippen MR) is 86.9 cm³/mol. The second kappa shape index (κ2) is 5.49. The molecule has 0 aliphatic carbocycles. The minimum atomic E-state index is -0.368. The van der Waals surface area contributed by atoms with Crippen molar-refractivity contribution in [3.63, 3.8) is 0 Å². The molecule has 0 aliphatic heterocycles. The second-order valence-electron chi connectivity index (χ2n) is 4.89. The van der Waals surface area contributed by atoms with Crippen molar-refractivity contribution in [2.24, 2.45) is 0 Å². The molecule has 6 nitrogen and oxygen atoms in total. The van der Waals surface area contributed by atoms with E-state index < -0.39 is 0 Å². The van der Waals surface area contributed by atoms with Crippen LogP contribution in [0.25, 0.3) is 16.9 Å². The summed E-state index contributed by atoms with van der Waals surface area (Å²) in [7, 11) is 0. The number of aryl methyl sites for hydroxylation is 2. The molecule has 22 heavy (non-hydrogen) atoms. The highest BCUT2D eigenvalue weighted by Crippen LogP contribution is 2.32. The van der Waals surface area contributed by atoms with E-state index in [2.05, 4.69) is 25.9 Å². The van der Waals surface area contributed by atoms with Gasteiger partial charge in [0.15, 0.2) is 0 Å². The maximum Gasteiger partial charge on any atom is 0.277 e. The highest BCUT2D eigenvalue weighted by Gasteiger charge is 2.19. The van der Waals surface area contributed by atoms with Crippen molar-refractivity contribution in [1.29, 1.82) is 0 Å². The highest BCUT2D eigenvalue weighted by atomic mass is 79.9. The van der Waals surface area contributed by atoms with Crippen molar-refractivity contribution in [2.75, 3.05) is 0 Å². The Morgan fingerprint density at radius 3 is 2.68 bits per heavy atom. The molecular weight excluding hydrogens is 348 g/mol. The molecule has 0 bridgehead atoms. The first-order valence-electron chi connectivity index (χ1n) is 6.80. The fraction of sp³-hybridized carbons (Fsp3) is 0.200. The molecule has 0 unspecified atom stereocenters. The van der Waals surface area contributed by atoms with Crippen LogP contribution in [0.5, 0.6) is 0 Å². The van der Waals surface area contributed by atoms with E-state index in [4.69, 9.17) is 0 Å². The zero-order chi connectivity index (χ0) is 15.9. The molecule has 1 aromatic carbocycles. The molecule has 0 saturated carbocycles. The molecule has 2 heterocycles. The number of nitro groups is 1. The van der Waals surface area contributed by atoms with Gasteiger partial charge in [0.1, 0.15) is 4.60 Å². The second-order valence-corrected chi connectivity index (χ2v) is 5.64. The summed E-state index contributed by atoms with van der Waals surface area (Å²) >= 11 is 3.48. The van der Waals surface area contributed by atoms with Crippen molar-refractivity contribution < 1.29 is 4.92 Å². The van der Waals surface area contributed by atoms with Crippen molar-refractivity contribution in [1.82, 2.24) is 14.4 Å². The number of rotatable bonds is 3. The molecule has 0 saturated heterocycles. The molecule has 0 aliphatic rings. The minimum absolute atomic E-state index is 0.0753. The summed E-state index contributed by atoms with van der Waals surface area (Å²) in [6, 6.07) is 6.71. The number of nitro benzene ring substituents is 1. The number of hydrogen-bond donors (Lipinski definition) is 0. The molecule has 3 rings (SSSR count). The van der Waals surface area contributed by atoms with Crippen molar-refractivity contribution in [3.8, 4) is 11.1 Å². The lowest BCUT2D eigenvalue weighted by atomic mass is 10.0. The standard InChI is InChI=1S/C15H13BrN4O2/c1-3-12-11(10-6-4-5-7-13(10)20(21)22)8-19-14(16)9(2)17-15(19)18-12/h4-8H,3H2,1-2H3. The largest absolute Gasteiger partial charge is 0.277 e. The number of imidazole rings is 1. The van der Waals surface area contributed by atoms with Gasteiger partial charge < -0.3 is 0 Å². The number of aromatic nitrogens is 3. The third-order valence-electron chi connectivity index (χ3n) is 3.52. The third kappa shape index (κ3) is 2.27. The van der Waals surface area contributed by atoms with Gasteiger partial charge in [-0.25, -0.2) is 9.97 Å². The molecule has 2 aromatic heterocycles. The van der Waals surface area contributed by atoms with E-state index in [1.165, 1.54) is 6.07 Å². The first-order chi connectivity index (χ1) is 10.5. The van der Waals surface area contributed by atoms with Crippen LogP contribution in [-0.4, -0.2) is 19.3 Å². The van der Waals surface area contributed by atoms with E-state index in [0.717, 1.165) is 21.6 Å². The summed E-state index contributed by atoms with van der Waals surface area (Å²) in [6.45, 7) is 3.86. The van der Waals surface area contributed by atoms with E-state index in [1.54, 1.807) is 22.6 Å².